The second-order valence-electron chi connectivity index (χ2n) is 6.63. The summed E-state index contributed by atoms with van der Waals surface area (Å²) in [7, 11) is 0. The third kappa shape index (κ3) is 5.20. The Morgan fingerprint density at radius 3 is 2.97 bits per heavy atom. The largest absolute Gasteiger partial charge is 0.376 e. The van der Waals surface area contributed by atoms with Gasteiger partial charge in [-0.1, -0.05) is 30.0 Å². The van der Waals surface area contributed by atoms with Gasteiger partial charge >= 0.3 is 0 Å². The Morgan fingerprint density at radius 2 is 2.24 bits per heavy atom. The quantitative estimate of drug-likeness (QED) is 0.550. The molecule has 1 aliphatic rings. The number of hydrogen-bond acceptors (Lipinski definition) is 7. The van der Waals surface area contributed by atoms with Crippen molar-refractivity contribution in [1.82, 2.24) is 25.5 Å². The molecule has 1 aromatic carbocycles. The van der Waals surface area contributed by atoms with Crippen LogP contribution in [0.3, 0.4) is 0 Å². The van der Waals surface area contributed by atoms with Crippen LogP contribution in [0, 0.1) is 5.82 Å². The number of thiophene rings is 1. The second kappa shape index (κ2) is 9.47. The Kier molecular flexibility index (Phi) is 6.53. The van der Waals surface area contributed by atoms with Crippen LogP contribution in [0.2, 0.25) is 0 Å². The number of hydrogen-bond donors (Lipinski definition) is 1. The molecule has 1 amide bonds. The molecular formula is C19H20FN5O2S2. The van der Waals surface area contributed by atoms with Crippen LogP contribution in [0.25, 0.3) is 0 Å². The minimum Gasteiger partial charge on any atom is -0.376 e. The van der Waals surface area contributed by atoms with Gasteiger partial charge in [-0.25, -0.2) is 9.07 Å². The van der Waals surface area contributed by atoms with Crippen molar-refractivity contribution in [3.63, 3.8) is 0 Å². The van der Waals surface area contributed by atoms with Gasteiger partial charge in [0.05, 0.1) is 24.4 Å². The fourth-order valence-electron chi connectivity index (χ4n) is 3.16. The summed E-state index contributed by atoms with van der Waals surface area (Å²) in [5.41, 5.74) is 0.829. The lowest BCUT2D eigenvalue weighted by molar-refractivity contribution is -0.119. The van der Waals surface area contributed by atoms with Crippen LogP contribution >= 0.6 is 23.1 Å². The standard InChI is InChI=1S/C19H20FN5O2S2/c20-14-7-5-13(6-8-14)18(16-4-2-10-28-16)21-17(26)12-29-19-22-23-24-25(19)11-15-3-1-9-27-15/h2,4-8,10,15,18H,1,3,9,11-12H2,(H,21,26)/t15-,18-/m1/s1. The van der Waals surface area contributed by atoms with E-state index in [4.69, 9.17) is 4.74 Å². The third-order valence-electron chi connectivity index (χ3n) is 4.57. The van der Waals surface area contributed by atoms with E-state index in [9.17, 15) is 9.18 Å². The Balaban J connectivity index is 1.39. The van der Waals surface area contributed by atoms with Crippen LogP contribution in [0.5, 0.6) is 0 Å². The normalized spacial score (nSPS) is 17.3. The van der Waals surface area contributed by atoms with Crippen LogP contribution < -0.4 is 5.32 Å². The van der Waals surface area contributed by atoms with E-state index in [-0.39, 0.29) is 29.6 Å². The molecule has 29 heavy (non-hydrogen) atoms. The van der Waals surface area contributed by atoms with Crippen LogP contribution in [0.1, 0.15) is 29.3 Å². The molecule has 0 bridgehead atoms. The van der Waals surface area contributed by atoms with Crippen molar-refractivity contribution < 1.29 is 13.9 Å². The van der Waals surface area contributed by atoms with Gasteiger partial charge in [-0.2, -0.15) is 0 Å². The highest BCUT2D eigenvalue weighted by atomic mass is 32.2. The molecule has 10 heteroatoms. The topological polar surface area (TPSA) is 81.9 Å². The summed E-state index contributed by atoms with van der Waals surface area (Å²) in [5, 5.41) is 17.3. The maximum absolute atomic E-state index is 13.3. The smallest absolute Gasteiger partial charge is 0.231 e. The fraction of sp³-hybridized carbons (Fsp3) is 0.368. The van der Waals surface area contributed by atoms with E-state index in [1.165, 1.54) is 23.9 Å². The molecule has 1 N–H and O–H groups in total. The first-order chi connectivity index (χ1) is 14.2. The van der Waals surface area contributed by atoms with E-state index < -0.39 is 0 Å². The predicted molar refractivity (Wildman–Crippen MR) is 108 cm³/mol. The van der Waals surface area contributed by atoms with E-state index in [0.29, 0.717) is 11.7 Å². The fourth-order valence-corrected chi connectivity index (χ4v) is 4.66. The molecule has 0 unspecified atom stereocenters. The monoisotopic (exact) mass is 433 g/mol. The first kappa shape index (κ1) is 20.0. The van der Waals surface area contributed by atoms with Crippen LogP contribution in [-0.4, -0.2) is 44.6 Å². The Hall–Kier alpha value is -2.30. The van der Waals surface area contributed by atoms with Crippen molar-refractivity contribution in [2.24, 2.45) is 0 Å². The zero-order valence-electron chi connectivity index (χ0n) is 15.5. The van der Waals surface area contributed by atoms with Crippen molar-refractivity contribution in [3.05, 3.63) is 58.0 Å². The lowest BCUT2D eigenvalue weighted by Crippen LogP contribution is -2.30. The lowest BCUT2D eigenvalue weighted by atomic mass is 10.1. The van der Waals surface area contributed by atoms with Crippen molar-refractivity contribution in [1.29, 1.82) is 0 Å². The molecule has 1 saturated heterocycles. The van der Waals surface area contributed by atoms with Crippen LogP contribution in [-0.2, 0) is 16.1 Å². The van der Waals surface area contributed by atoms with Gasteiger partial charge in [-0.05, 0) is 52.4 Å². The molecule has 0 aliphatic carbocycles. The summed E-state index contributed by atoms with van der Waals surface area (Å²) >= 11 is 2.83. The molecule has 4 rings (SSSR count). The van der Waals surface area contributed by atoms with Gasteiger partial charge in [-0.3, -0.25) is 4.79 Å². The summed E-state index contributed by atoms with van der Waals surface area (Å²) in [4.78, 5) is 13.6. The number of amides is 1. The first-order valence-corrected chi connectivity index (χ1v) is 11.1. The van der Waals surface area contributed by atoms with Gasteiger partial charge in [0, 0.05) is 11.5 Å². The molecule has 3 aromatic rings. The highest BCUT2D eigenvalue weighted by molar-refractivity contribution is 7.99. The number of rotatable bonds is 8. The number of halogens is 1. The SMILES string of the molecule is O=C(CSc1nnnn1C[C@H]1CCCO1)N[C@H](c1ccc(F)cc1)c1cccs1. The predicted octanol–water partition coefficient (Wildman–Crippen LogP) is 3.05. The summed E-state index contributed by atoms with van der Waals surface area (Å²) in [6, 6.07) is 9.73. The molecule has 0 saturated carbocycles. The Bertz CT molecular complexity index is 926. The van der Waals surface area contributed by atoms with E-state index in [0.717, 1.165) is 29.9 Å². The average Bonchev–Trinajstić information content (AvgIpc) is 3.49. The number of nitrogens with one attached hydrogen (secondary N) is 1. The van der Waals surface area contributed by atoms with Gasteiger partial charge in [0.25, 0.3) is 0 Å². The number of aromatic nitrogens is 4. The number of nitrogens with zero attached hydrogens (tertiary/aromatic N) is 4. The van der Waals surface area contributed by atoms with Crippen molar-refractivity contribution >= 4 is 29.0 Å². The maximum atomic E-state index is 13.3. The Morgan fingerprint density at radius 1 is 1.38 bits per heavy atom. The lowest BCUT2D eigenvalue weighted by Gasteiger charge is -2.18. The molecular weight excluding hydrogens is 413 g/mol. The molecule has 3 heterocycles. The number of carbonyl (C=O) groups excluding carboxylic acids is 1. The number of tetrazole rings is 1. The number of benzene rings is 1. The highest BCUT2D eigenvalue weighted by Crippen LogP contribution is 2.27. The molecule has 0 spiro atoms. The molecule has 7 nitrogen and oxygen atoms in total. The molecule has 1 aliphatic heterocycles. The van der Waals surface area contributed by atoms with E-state index in [2.05, 4.69) is 20.8 Å². The van der Waals surface area contributed by atoms with E-state index >= 15 is 0 Å². The summed E-state index contributed by atoms with van der Waals surface area (Å²) in [6.07, 6.45) is 2.16. The molecule has 0 radical (unpaired) electrons. The zero-order chi connectivity index (χ0) is 20.1. The summed E-state index contributed by atoms with van der Waals surface area (Å²) < 4.78 is 20.6. The minimum absolute atomic E-state index is 0.119. The molecule has 2 atom stereocenters. The second-order valence-corrected chi connectivity index (χ2v) is 8.56. The van der Waals surface area contributed by atoms with Gasteiger partial charge in [0.15, 0.2) is 0 Å². The third-order valence-corrected chi connectivity index (χ3v) is 6.46. The van der Waals surface area contributed by atoms with E-state index in [1.807, 2.05) is 17.5 Å². The number of ether oxygens (including phenoxy) is 1. The van der Waals surface area contributed by atoms with E-state index in [1.54, 1.807) is 28.2 Å². The number of carbonyl (C=O) groups is 1. The Labute approximate surface area is 175 Å². The highest BCUT2D eigenvalue weighted by Gasteiger charge is 2.21. The van der Waals surface area contributed by atoms with Crippen LogP contribution in [0.4, 0.5) is 4.39 Å². The van der Waals surface area contributed by atoms with Crippen molar-refractivity contribution in [2.45, 2.75) is 36.7 Å². The summed E-state index contributed by atoms with van der Waals surface area (Å²) in [6.45, 7) is 1.36. The number of thioether (sulfide) groups is 1. The average molecular weight is 434 g/mol. The van der Waals surface area contributed by atoms with Crippen molar-refractivity contribution in [2.75, 3.05) is 12.4 Å². The van der Waals surface area contributed by atoms with Crippen LogP contribution in [0.15, 0.2) is 46.9 Å². The molecule has 2 aromatic heterocycles. The molecule has 152 valence electrons. The van der Waals surface area contributed by atoms with Gasteiger partial charge < -0.3 is 10.1 Å². The zero-order valence-corrected chi connectivity index (χ0v) is 17.2. The first-order valence-electron chi connectivity index (χ1n) is 9.28. The molecule has 1 fully saturated rings. The van der Waals surface area contributed by atoms with Gasteiger partial charge in [0.1, 0.15) is 5.82 Å². The van der Waals surface area contributed by atoms with Crippen molar-refractivity contribution in [3.8, 4) is 0 Å². The van der Waals surface area contributed by atoms with Gasteiger partial charge in [0.2, 0.25) is 11.1 Å². The summed E-state index contributed by atoms with van der Waals surface area (Å²) in [5.74, 6) is -0.280. The van der Waals surface area contributed by atoms with Gasteiger partial charge in [-0.15, -0.1) is 16.4 Å². The minimum atomic E-state index is -0.327. The maximum Gasteiger partial charge on any atom is 0.231 e.